The summed E-state index contributed by atoms with van der Waals surface area (Å²) in [5.74, 6) is -0.947. The zero-order valence-electron chi connectivity index (χ0n) is 15.0. The van der Waals surface area contributed by atoms with Gasteiger partial charge in [-0.05, 0) is 6.07 Å². The standard InChI is InChI=1S/C20H19N3O4/c1-23(2)20(26)18(13-8-4-3-5-9-13)27-17(24)12-16-14-10-6-7-11-15(14)19(25)22-21-16/h3-11,18H,12H2,1-2H3,(H,22,25)/t18-/m1/s1. The number of carbonyl (C=O) groups is 2. The highest BCUT2D eigenvalue weighted by atomic mass is 16.5. The molecule has 1 amide bonds. The molecule has 0 aliphatic rings. The quantitative estimate of drug-likeness (QED) is 0.697. The van der Waals surface area contributed by atoms with Gasteiger partial charge in [0, 0.05) is 25.0 Å². The van der Waals surface area contributed by atoms with E-state index in [1.807, 2.05) is 6.07 Å². The Bertz CT molecular complexity index is 1030. The van der Waals surface area contributed by atoms with Crippen LogP contribution in [0.5, 0.6) is 0 Å². The van der Waals surface area contributed by atoms with Crippen LogP contribution in [-0.4, -0.2) is 41.1 Å². The molecule has 0 unspecified atom stereocenters. The zero-order chi connectivity index (χ0) is 19.4. The Balaban J connectivity index is 1.86. The van der Waals surface area contributed by atoms with Gasteiger partial charge in [-0.25, -0.2) is 5.10 Å². The molecule has 0 spiro atoms. The molecule has 3 aromatic rings. The molecular weight excluding hydrogens is 346 g/mol. The van der Waals surface area contributed by atoms with E-state index in [0.717, 1.165) is 0 Å². The van der Waals surface area contributed by atoms with Gasteiger partial charge in [0.15, 0.2) is 0 Å². The molecule has 3 rings (SSSR count). The Morgan fingerprint density at radius 3 is 2.33 bits per heavy atom. The molecule has 0 fully saturated rings. The fraction of sp³-hybridized carbons (Fsp3) is 0.200. The molecule has 27 heavy (non-hydrogen) atoms. The number of ether oxygens (including phenoxy) is 1. The Kier molecular flexibility index (Phi) is 5.30. The van der Waals surface area contributed by atoms with Crippen LogP contribution in [0.4, 0.5) is 0 Å². The summed E-state index contributed by atoms with van der Waals surface area (Å²) < 4.78 is 5.48. The Morgan fingerprint density at radius 1 is 1.04 bits per heavy atom. The van der Waals surface area contributed by atoms with Crippen molar-refractivity contribution >= 4 is 22.6 Å². The lowest BCUT2D eigenvalue weighted by Gasteiger charge is -2.21. The highest BCUT2D eigenvalue weighted by molar-refractivity contribution is 5.88. The summed E-state index contributed by atoms with van der Waals surface area (Å²) in [7, 11) is 3.20. The minimum atomic E-state index is -1.04. The van der Waals surface area contributed by atoms with E-state index < -0.39 is 12.1 Å². The fourth-order valence-corrected chi connectivity index (χ4v) is 2.74. The SMILES string of the molecule is CN(C)C(=O)[C@H](OC(=O)Cc1n[nH]c(=O)c2ccccc12)c1ccccc1. The second-order valence-electron chi connectivity index (χ2n) is 6.24. The number of rotatable bonds is 5. The van der Waals surface area contributed by atoms with E-state index in [0.29, 0.717) is 22.0 Å². The Morgan fingerprint density at radius 2 is 1.67 bits per heavy atom. The first-order valence-electron chi connectivity index (χ1n) is 8.39. The van der Waals surface area contributed by atoms with Gasteiger partial charge in [0.2, 0.25) is 6.10 Å². The number of aromatic nitrogens is 2. The topological polar surface area (TPSA) is 92.4 Å². The monoisotopic (exact) mass is 365 g/mol. The molecule has 1 atom stereocenters. The predicted octanol–water partition coefficient (Wildman–Crippen LogP) is 1.84. The second kappa shape index (κ2) is 7.82. The summed E-state index contributed by atoms with van der Waals surface area (Å²) in [4.78, 5) is 38.2. The van der Waals surface area contributed by atoms with Crippen LogP contribution in [0, 0.1) is 0 Å². The minimum Gasteiger partial charge on any atom is -0.447 e. The molecule has 0 aliphatic heterocycles. The summed E-state index contributed by atoms with van der Waals surface area (Å²) in [6, 6.07) is 15.7. The average molecular weight is 365 g/mol. The van der Waals surface area contributed by atoms with Gasteiger partial charge in [-0.15, -0.1) is 0 Å². The van der Waals surface area contributed by atoms with Gasteiger partial charge in [-0.1, -0.05) is 48.5 Å². The molecule has 7 heteroatoms. The van der Waals surface area contributed by atoms with E-state index in [2.05, 4.69) is 10.2 Å². The van der Waals surface area contributed by atoms with E-state index in [1.54, 1.807) is 62.6 Å². The van der Waals surface area contributed by atoms with Crippen molar-refractivity contribution in [1.82, 2.24) is 15.1 Å². The number of carbonyl (C=O) groups excluding carboxylic acids is 2. The smallest absolute Gasteiger partial charge is 0.313 e. The largest absolute Gasteiger partial charge is 0.447 e. The molecule has 0 saturated carbocycles. The first kappa shape index (κ1) is 18.3. The Labute approximate surface area is 155 Å². The lowest BCUT2D eigenvalue weighted by atomic mass is 10.1. The summed E-state index contributed by atoms with van der Waals surface area (Å²) in [5, 5.41) is 7.38. The number of aromatic amines is 1. The molecule has 1 N–H and O–H groups in total. The van der Waals surface area contributed by atoms with E-state index in [1.165, 1.54) is 4.90 Å². The third kappa shape index (κ3) is 4.03. The third-order valence-corrected chi connectivity index (χ3v) is 4.10. The van der Waals surface area contributed by atoms with Gasteiger partial charge in [0.1, 0.15) is 0 Å². The molecule has 1 heterocycles. The summed E-state index contributed by atoms with van der Waals surface area (Å²) in [6.07, 6.45) is -1.20. The Hall–Kier alpha value is -3.48. The first-order chi connectivity index (χ1) is 13.0. The van der Waals surface area contributed by atoms with E-state index in [-0.39, 0.29) is 17.9 Å². The second-order valence-corrected chi connectivity index (χ2v) is 6.24. The van der Waals surface area contributed by atoms with Crippen LogP contribution in [0.3, 0.4) is 0 Å². The maximum absolute atomic E-state index is 12.5. The van der Waals surface area contributed by atoms with E-state index in [4.69, 9.17) is 4.74 Å². The van der Waals surface area contributed by atoms with Crippen LogP contribution in [0.2, 0.25) is 0 Å². The molecular formula is C20H19N3O4. The third-order valence-electron chi connectivity index (χ3n) is 4.10. The fourth-order valence-electron chi connectivity index (χ4n) is 2.74. The number of benzene rings is 2. The first-order valence-corrected chi connectivity index (χ1v) is 8.39. The molecule has 0 saturated heterocycles. The lowest BCUT2D eigenvalue weighted by Crippen LogP contribution is -2.31. The highest BCUT2D eigenvalue weighted by Gasteiger charge is 2.27. The highest BCUT2D eigenvalue weighted by Crippen LogP contribution is 2.21. The van der Waals surface area contributed by atoms with Gasteiger partial charge < -0.3 is 9.64 Å². The molecule has 138 valence electrons. The van der Waals surface area contributed by atoms with Gasteiger partial charge in [-0.3, -0.25) is 14.4 Å². The minimum absolute atomic E-state index is 0.165. The van der Waals surface area contributed by atoms with E-state index in [9.17, 15) is 14.4 Å². The van der Waals surface area contributed by atoms with Crippen LogP contribution in [-0.2, 0) is 20.7 Å². The summed E-state index contributed by atoms with van der Waals surface area (Å²) in [5.41, 5.74) is 0.649. The number of nitrogens with zero attached hydrogens (tertiary/aromatic N) is 2. The lowest BCUT2D eigenvalue weighted by molar-refractivity contribution is -0.159. The number of likely N-dealkylation sites (N-methyl/N-ethyl adjacent to an activating group) is 1. The van der Waals surface area contributed by atoms with Crippen molar-refractivity contribution in [3.63, 3.8) is 0 Å². The summed E-state index contributed by atoms with van der Waals surface area (Å²) in [6.45, 7) is 0. The van der Waals surface area contributed by atoms with Crippen LogP contribution in [0.15, 0.2) is 59.4 Å². The predicted molar refractivity (Wildman–Crippen MR) is 100 cm³/mol. The van der Waals surface area contributed by atoms with Crippen LogP contribution in [0.1, 0.15) is 17.4 Å². The van der Waals surface area contributed by atoms with Crippen molar-refractivity contribution < 1.29 is 14.3 Å². The number of fused-ring (bicyclic) bond motifs is 1. The van der Waals surface area contributed by atoms with Gasteiger partial charge >= 0.3 is 5.97 Å². The van der Waals surface area contributed by atoms with Crippen molar-refractivity contribution in [2.45, 2.75) is 12.5 Å². The molecule has 1 aromatic heterocycles. The van der Waals surface area contributed by atoms with Crippen molar-refractivity contribution in [1.29, 1.82) is 0 Å². The van der Waals surface area contributed by atoms with Gasteiger partial charge in [0.25, 0.3) is 11.5 Å². The van der Waals surface area contributed by atoms with Crippen molar-refractivity contribution in [3.8, 4) is 0 Å². The van der Waals surface area contributed by atoms with Crippen LogP contribution in [0.25, 0.3) is 10.8 Å². The molecule has 0 aliphatic carbocycles. The molecule has 7 nitrogen and oxygen atoms in total. The molecule has 2 aromatic carbocycles. The van der Waals surface area contributed by atoms with Crippen LogP contribution < -0.4 is 5.56 Å². The van der Waals surface area contributed by atoms with Crippen molar-refractivity contribution in [3.05, 3.63) is 76.2 Å². The maximum Gasteiger partial charge on any atom is 0.313 e. The summed E-state index contributed by atoms with van der Waals surface area (Å²) >= 11 is 0. The number of hydrogen-bond acceptors (Lipinski definition) is 5. The number of esters is 1. The maximum atomic E-state index is 12.5. The number of nitrogens with one attached hydrogen (secondary N) is 1. The van der Waals surface area contributed by atoms with Crippen molar-refractivity contribution in [2.75, 3.05) is 14.1 Å². The van der Waals surface area contributed by atoms with Gasteiger partial charge in [-0.2, -0.15) is 5.10 Å². The molecule has 0 radical (unpaired) electrons. The van der Waals surface area contributed by atoms with Crippen LogP contribution >= 0.6 is 0 Å². The molecule has 0 bridgehead atoms. The normalized spacial score (nSPS) is 11.8. The van der Waals surface area contributed by atoms with Gasteiger partial charge in [0.05, 0.1) is 17.5 Å². The zero-order valence-corrected chi connectivity index (χ0v) is 15.0. The van der Waals surface area contributed by atoms with E-state index >= 15 is 0 Å². The van der Waals surface area contributed by atoms with Crippen molar-refractivity contribution in [2.24, 2.45) is 0 Å². The number of H-pyrrole nitrogens is 1. The number of amides is 1. The average Bonchev–Trinajstić information content (AvgIpc) is 2.68. The number of hydrogen-bond donors (Lipinski definition) is 1.